The maximum atomic E-state index is 10.1. The maximum absolute atomic E-state index is 10.1. The minimum atomic E-state index is -0.989. The van der Waals surface area contributed by atoms with E-state index < -0.39 is 11.7 Å². The van der Waals surface area contributed by atoms with Crippen LogP contribution in [-0.4, -0.2) is 21.9 Å². The molecule has 1 unspecified atom stereocenters. The van der Waals surface area contributed by atoms with Crippen molar-refractivity contribution in [3.8, 4) is 11.8 Å². The fourth-order valence-electron chi connectivity index (χ4n) is 1.18. The van der Waals surface area contributed by atoms with Crippen molar-refractivity contribution >= 4 is 0 Å². The second kappa shape index (κ2) is 4.64. The Kier molecular flexibility index (Phi) is 4.46. The van der Waals surface area contributed by atoms with Gasteiger partial charge in [-0.2, -0.15) is 0 Å². The van der Waals surface area contributed by atoms with Crippen molar-refractivity contribution in [3.63, 3.8) is 0 Å². The molecule has 76 valence electrons. The van der Waals surface area contributed by atoms with Crippen LogP contribution in [0.4, 0.5) is 0 Å². The van der Waals surface area contributed by atoms with Gasteiger partial charge in [-0.1, -0.05) is 39.5 Å². The third-order valence-electron chi connectivity index (χ3n) is 2.24. The Morgan fingerprint density at radius 3 is 1.62 bits per heavy atom. The Morgan fingerprint density at radius 2 is 1.38 bits per heavy atom. The number of rotatable bonds is 2. The zero-order chi connectivity index (χ0) is 10.6. The first-order valence-corrected chi connectivity index (χ1v) is 4.73. The number of aliphatic hydroxyl groups excluding tert-OH is 1. The summed E-state index contributed by atoms with van der Waals surface area (Å²) >= 11 is 0. The molecule has 1 atom stereocenters. The first kappa shape index (κ1) is 12.5. The smallest absolute Gasteiger partial charge is 0.130 e. The summed E-state index contributed by atoms with van der Waals surface area (Å²) in [6.07, 6.45) is -0.677. The molecule has 2 nitrogen and oxygen atoms in total. The summed E-state index contributed by atoms with van der Waals surface area (Å²) in [6.45, 7) is 9.30. The third kappa shape index (κ3) is 3.38. The molecule has 0 aromatic carbocycles. The van der Waals surface area contributed by atoms with Gasteiger partial charge in [0, 0.05) is 0 Å². The van der Waals surface area contributed by atoms with Gasteiger partial charge in [-0.15, -0.1) is 0 Å². The van der Waals surface area contributed by atoms with Crippen LogP contribution in [0.3, 0.4) is 0 Å². The fraction of sp³-hybridized carbons (Fsp3) is 0.818. The summed E-state index contributed by atoms with van der Waals surface area (Å²) in [6, 6.07) is 0. The van der Waals surface area contributed by atoms with Gasteiger partial charge in [0.05, 0.1) is 0 Å². The molecule has 0 saturated carbocycles. The molecule has 0 fully saturated rings. The minimum Gasteiger partial charge on any atom is -0.381 e. The van der Waals surface area contributed by atoms with E-state index in [0.717, 1.165) is 0 Å². The van der Waals surface area contributed by atoms with Gasteiger partial charge in [-0.25, -0.2) is 0 Å². The Labute approximate surface area is 81.0 Å². The average molecular weight is 184 g/mol. The Bertz CT molecular complexity index is 198. The van der Waals surface area contributed by atoms with Gasteiger partial charge in [0.25, 0.3) is 0 Å². The first-order valence-electron chi connectivity index (χ1n) is 4.73. The highest BCUT2D eigenvalue weighted by Gasteiger charge is 2.32. The van der Waals surface area contributed by atoms with E-state index in [1.807, 2.05) is 27.7 Å². The molecule has 0 aliphatic heterocycles. The van der Waals surface area contributed by atoms with E-state index in [0.29, 0.717) is 0 Å². The fourth-order valence-corrected chi connectivity index (χ4v) is 1.18. The highest BCUT2D eigenvalue weighted by Crippen LogP contribution is 2.25. The van der Waals surface area contributed by atoms with Crippen LogP contribution in [0.5, 0.6) is 0 Å². The van der Waals surface area contributed by atoms with Crippen molar-refractivity contribution in [1.29, 1.82) is 0 Å². The van der Waals surface area contributed by atoms with Crippen molar-refractivity contribution in [1.82, 2.24) is 0 Å². The highest BCUT2D eigenvalue weighted by molar-refractivity contribution is 5.18. The molecular formula is C11H20O2. The predicted molar refractivity (Wildman–Crippen MR) is 54.1 cm³/mol. The molecular weight excluding hydrogens is 164 g/mol. The first-order chi connectivity index (χ1) is 5.80. The zero-order valence-corrected chi connectivity index (χ0v) is 9.13. The van der Waals surface area contributed by atoms with Gasteiger partial charge in [0.2, 0.25) is 0 Å². The lowest BCUT2D eigenvalue weighted by molar-refractivity contribution is 0.00894. The normalized spacial score (nSPS) is 14.2. The Hall–Kier alpha value is -0.520. The van der Waals surface area contributed by atoms with Crippen LogP contribution in [-0.2, 0) is 0 Å². The summed E-state index contributed by atoms with van der Waals surface area (Å²) in [5, 5.41) is 19.1. The second-order valence-corrected chi connectivity index (χ2v) is 4.08. The van der Waals surface area contributed by atoms with Crippen molar-refractivity contribution < 1.29 is 10.2 Å². The Balaban J connectivity index is 4.75. The van der Waals surface area contributed by atoms with E-state index in [4.69, 9.17) is 5.11 Å². The van der Waals surface area contributed by atoms with Crippen LogP contribution in [0.25, 0.3) is 0 Å². The van der Waals surface area contributed by atoms with Gasteiger partial charge < -0.3 is 10.2 Å². The minimum absolute atomic E-state index is 0.0683. The molecule has 0 aromatic heterocycles. The molecule has 0 heterocycles. The lowest BCUT2D eigenvalue weighted by Crippen LogP contribution is -2.39. The second-order valence-electron chi connectivity index (χ2n) is 4.08. The number of hydrogen-bond acceptors (Lipinski definition) is 2. The van der Waals surface area contributed by atoms with Crippen LogP contribution in [0, 0.1) is 23.7 Å². The summed E-state index contributed by atoms with van der Waals surface area (Å²) in [5.41, 5.74) is -0.989. The molecule has 0 aliphatic carbocycles. The van der Waals surface area contributed by atoms with Crippen molar-refractivity contribution in [2.24, 2.45) is 11.8 Å². The van der Waals surface area contributed by atoms with Crippen molar-refractivity contribution in [2.45, 2.75) is 46.3 Å². The van der Waals surface area contributed by atoms with Crippen LogP contribution in [0.2, 0.25) is 0 Å². The quantitative estimate of drug-likeness (QED) is 0.637. The standard InChI is InChI=1S/C11H20O2/c1-8(2)11(13,9(3)4)7-6-10(5)12/h8-10,12-13H,1-5H3. The maximum Gasteiger partial charge on any atom is 0.130 e. The van der Waals surface area contributed by atoms with Gasteiger partial charge in [0.1, 0.15) is 11.7 Å². The lowest BCUT2D eigenvalue weighted by Gasteiger charge is -2.30. The largest absolute Gasteiger partial charge is 0.381 e. The molecule has 0 saturated heterocycles. The molecule has 0 aromatic rings. The van der Waals surface area contributed by atoms with Crippen LogP contribution in [0.1, 0.15) is 34.6 Å². The predicted octanol–water partition coefficient (Wildman–Crippen LogP) is 1.41. The molecule has 13 heavy (non-hydrogen) atoms. The van der Waals surface area contributed by atoms with E-state index >= 15 is 0 Å². The van der Waals surface area contributed by atoms with E-state index in [9.17, 15) is 5.11 Å². The van der Waals surface area contributed by atoms with Crippen LogP contribution < -0.4 is 0 Å². The zero-order valence-electron chi connectivity index (χ0n) is 9.13. The molecule has 0 rings (SSSR count). The topological polar surface area (TPSA) is 40.5 Å². The van der Waals surface area contributed by atoms with E-state index in [1.165, 1.54) is 0 Å². The van der Waals surface area contributed by atoms with Crippen LogP contribution >= 0.6 is 0 Å². The van der Waals surface area contributed by atoms with Gasteiger partial charge in [-0.3, -0.25) is 0 Å². The van der Waals surface area contributed by atoms with Crippen molar-refractivity contribution in [2.75, 3.05) is 0 Å². The van der Waals surface area contributed by atoms with Crippen LogP contribution in [0.15, 0.2) is 0 Å². The number of hydrogen-bond donors (Lipinski definition) is 2. The number of aliphatic hydroxyl groups is 2. The van der Waals surface area contributed by atoms with E-state index in [-0.39, 0.29) is 11.8 Å². The molecule has 0 amide bonds. The summed E-state index contributed by atoms with van der Waals surface area (Å²) in [7, 11) is 0. The monoisotopic (exact) mass is 184 g/mol. The average Bonchev–Trinajstić information content (AvgIpc) is 1.99. The summed E-state index contributed by atoms with van der Waals surface area (Å²) < 4.78 is 0. The summed E-state index contributed by atoms with van der Waals surface area (Å²) in [5.74, 6) is 5.49. The SMILES string of the molecule is CC(O)C#CC(O)(C(C)C)C(C)C. The van der Waals surface area contributed by atoms with E-state index in [2.05, 4.69) is 11.8 Å². The molecule has 0 bridgehead atoms. The Morgan fingerprint density at radius 1 is 1.00 bits per heavy atom. The highest BCUT2D eigenvalue weighted by atomic mass is 16.3. The molecule has 0 aliphatic rings. The van der Waals surface area contributed by atoms with Gasteiger partial charge >= 0.3 is 0 Å². The molecule has 0 spiro atoms. The third-order valence-corrected chi connectivity index (χ3v) is 2.24. The lowest BCUT2D eigenvalue weighted by atomic mass is 9.81. The molecule has 2 heteroatoms. The van der Waals surface area contributed by atoms with Gasteiger partial charge in [-0.05, 0) is 18.8 Å². The molecule has 0 radical (unpaired) electrons. The summed E-state index contributed by atoms with van der Waals surface area (Å²) in [4.78, 5) is 0. The van der Waals surface area contributed by atoms with E-state index in [1.54, 1.807) is 6.92 Å². The van der Waals surface area contributed by atoms with Gasteiger partial charge in [0.15, 0.2) is 0 Å². The molecule has 2 N–H and O–H groups in total. The van der Waals surface area contributed by atoms with Crippen molar-refractivity contribution in [3.05, 3.63) is 0 Å².